The van der Waals surface area contributed by atoms with E-state index >= 15 is 0 Å². The topological polar surface area (TPSA) is 43.4 Å². The van der Waals surface area contributed by atoms with Crippen LogP contribution >= 0.6 is 0 Å². The number of fused-ring (bicyclic) bond motifs is 1. The lowest BCUT2D eigenvalue weighted by molar-refractivity contribution is -0.0432. The zero-order chi connectivity index (χ0) is 13.9. The van der Waals surface area contributed by atoms with Crippen molar-refractivity contribution in [2.45, 2.75) is 6.61 Å². The standard InChI is InChI=1S/C13H10F2O3S/c14-13(15)18-19(16,17)8-7-10-5-6-11-3-1-2-4-12(11)9-10/h1-9,13H. The monoisotopic (exact) mass is 284 g/mol. The van der Waals surface area contributed by atoms with Crippen LogP contribution in [0.4, 0.5) is 8.78 Å². The summed E-state index contributed by atoms with van der Waals surface area (Å²) in [5.74, 6) is 0. The molecule has 2 aromatic rings. The minimum absolute atomic E-state index is 0.583. The van der Waals surface area contributed by atoms with Crippen LogP contribution in [0.25, 0.3) is 16.8 Å². The molecular formula is C13H10F2O3S. The fourth-order valence-corrected chi connectivity index (χ4v) is 2.20. The van der Waals surface area contributed by atoms with Crippen molar-refractivity contribution >= 4 is 27.0 Å². The van der Waals surface area contributed by atoms with Gasteiger partial charge in [-0.25, -0.2) is 0 Å². The lowest BCUT2D eigenvalue weighted by Gasteiger charge is -2.00. The van der Waals surface area contributed by atoms with E-state index in [2.05, 4.69) is 4.18 Å². The minimum atomic E-state index is -4.36. The lowest BCUT2D eigenvalue weighted by atomic mass is 10.1. The highest BCUT2D eigenvalue weighted by atomic mass is 32.2. The highest BCUT2D eigenvalue weighted by Crippen LogP contribution is 2.17. The Morgan fingerprint density at radius 3 is 2.42 bits per heavy atom. The predicted molar refractivity (Wildman–Crippen MR) is 69.0 cm³/mol. The normalized spacial score (nSPS) is 12.6. The Morgan fingerprint density at radius 2 is 1.74 bits per heavy atom. The molecule has 0 aromatic heterocycles. The number of benzene rings is 2. The van der Waals surface area contributed by atoms with Crippen LogP contribution in [0.15, 0.2) is 47.9 Å². The third kappa shape index (κ3) is 3.84. The maximum absolute atomic E-state index is 11.8. The summed E-state index contributed by atoms with van der Waals surface area (Å²) in [7, 11) is -4.36. The molecule has 0 radical (unpaired) electrons. The second-order valence-electron chi connectivity index (χ2n) is 3.76. The molecule has 0 aliphatic heterocycles. The van der Waals surface area contributed by atoms with Crippen molar-refractivity contribution in [2.24, 2.45) is 0 Å². The molecule has 0 unspecified atom stereocenters. The van der Waals surface area contributed by atoms with E-state index in [1.165, 1.54) is 6.08 Å². The minimum Gasteiger partial charge on any atom is -0.200 e. The Hall–Kier alpha value is -1.79. The number of alkyl halides is 2. The van der Waals surface area contributed by atoms with Crippen LogP contribution in [0.5, 0.6) is 0 Å². The summed E-state index contributed by atoms with van der Waals surface area (Å²) in [5, 5.41) is 2.55. The van der Waals surface area contributed by atoms with Gasteiger partial charge in [-0.3, -0.25) is 0 Å². The van der Waals surface area contributed by atoms with Gasteiger partial charge in [-0.15, -0.1) is 0 Å². The Bertz CT molecular complexity index is 709. The van der Waals surface area contributed by atoms with Gasteiger partial charge in [0.25, 0.3) is 10.1 Å². The Balaban J connectivity index is 2.26. The molecule has 2 aromatic carbocycles. The summed E-state index contributed by atoms with van der Waals surface area (Å²) in [6.45, 7) is -3.36. The van der Waals surface area contributed by atoms with Gasteiger partial charge in [-0.2, -0.15) is 21.4 Å². The zero-order valence-electron chi connectivity index (χ0n) is 9.66. The van der Waals surface area contributed by atoms with E-state index in [9.17, 15) is 17.2 Å². The third-order valence-corrected chi connectivity index (χ3v) is 3.29. The summed E-state index contributed by atoms with van der Waals surface area (Å²) < 4.78 is 49.3. The van der Waals surface area contributed by atoms with Crippen molar-refractivity contribution in [2.75, 3.05) is 0 Å². The molecule has 0 heterocycles. The van der Waals surface area contributed by atoms with Crippen LogP contribution in [0.2, 0.25) is 0 Å². The molecule has 0 aliphatic carbocycles. The van der Waals surface area contributed by atoms with Crippen molar-refractivity contribution in [1.29, 1.82) is 0 Å². The molecule has 0 saturated heterocycles. The average Bonchev–Trinajstić information content (AvgIpc) is 2.35. The molecule has 0 N–H and O–H groups in total. The number of hydrogen-bond acceptors (Lipinski definition) is 3. The smallest absolute Gasteiger partial charge is 0.200 e. The van der Waals surface area contributed by atoms with E-state index in [0.29, 0.717) is 11.0 Å². The maximum Gasteiger partial charge on any atom is 0.359 e. The first-order chi connectivity index (χ1) is 8.96. The van der Waals surface area contributed by atoms with E-state index in [0.717, 1.165) is 10.8 Å². The molecule has 100 valence electrons. The summed E-state index contributed by atoms with van der Waals surface area (Å²) in [6.07, 6.45) is 1.21. The molecule has 0 saturated carbocycles. The summed E-state index contributed by atoms with van der Waals surface area (Å²) >= 11 is 0. The van der Waals surface area contributed by atoms with E-state index < -0.39 is 16.7 Å². The molecule has 19 heavy (non-hydrogen) atoms. The fraction of sp³-hybridized carbons (Fsp3) is 0.0769. The van der Waals surface area contributed by atoms with Crippen molar-refractivity contribution in [1.82, 2.24) is 0 Å². The van der Waals surface area contributed by atoms with Gasteiger partial charge in [0.15, 0.2) is 0 Å². The molecule has 0 bridgehead atoms. The van der Waals surface area contributed by atoms with Gasteiger partial charge in [0.1, 0.15) is 0 Å². The van der Waals surface area contributed by atoms with Gasteiger partial charge in [-0.05, 0) is 28.5 Å². The Labute approximate surface area is 109 Å². The SMILES string of the molecule is O=S(=O)(C=Cc1ccc2ccccc2c1)OC(F)F. The predicted octanol–water partition coefficient (Wildman–Crippen LogP) is 3.38. The first-order valence-corrected chi connectivity index (χ1v) is 6.82. The molecule has 0 fully saturated rings. The first-order valence-electron chi connectivity index (χ1n) is 5.35. The number of rotatable bonds is 4. The molecule has 0 spiro atoms. The zero-order valence-corrected chi connectivity index (χ0v) is 10.5. The van der Waals surface area contributed by atoms with Crippen molar-refractivity contribution in [3.8, 4) is 0 Å². The molecule has 0 atom stereocenters. The van der Waals surface area contributed by atoms with Crippen LogP contribution in [0, 0.1) is 0 Å². The highest BCUT2D eigenvalue weighted by molar-refractivity contribution is 7.89. The van der Waals surface area contributed by atoms with Gasteiger partial charge in [-0.1, -0.05) is 36.4 Å². The van der Waals surface area contributed by atoms with Crippen molar-refractivity contribution in [3.63, 3.8) is 0 Å². The van der Waals surface area contributed by atoms with Crippen molar-refractivity contribution in [3.05, 3.63) is 53.4 Å². The van der Waals surface area contributed by atoms with Crippen molar-refractivity contribution < 1.29 is 21.4 Å². The molecule has 0 amide bonds. The number of halogens is 2. The van der Waals surface area contributed by atoms with Gasteiger partial charge in [0.05, 0.1) is 5.41 Å². The quantitative estimate of drug-likeness (QED) is 0.808. The molecule has 3 nitrogen and oxygen atoms in total. The van der Waals surface area contributed by atoms with Crippen LogP contribution in [0.1, 0.15) is 5.56 Å². The summed E-state index contributed by atoms with van der Waals surface area (Å²) in [6, 6.07) is 12.8. The van der Waals surface area contributed by atoms with Crippen LogP contribution < -0.4 is 0 Å². The van der Waals surface area contributed by atoms with E-state index in [-0.39, 0.29) is 0 Å². The van der Waals surface area contributed by atoms with Crippen LogP contribution in [0.3, 0.4) is 0 Å². The lowest BCUT2D eigenvalue weighted by Crippen LogP contribution is -2.06. The average molecular weight is 284 g/mol. The van der Waals surface area contributed by atoms with Gasteiger partial charge >= 0.3 is 6.61 Å². The maximum atomic E-state index is 11.8. The van der Waals surface area contributed by atoms with Crippen LogP contribution in [-0.4, -0.2) is 15.0 Å². The Kier molecular flexibility index (Phi) is 3.92. The van der Waals surface area contributed by atoms with Crippen LogP contribution in [-0.2, 0) is 14.3 Å². The van der Waals surface area contributed by atoms with Gasteiger partial charge in [0, 0.05) is 0 Å². The van der Waals surface area contributed by atoms with Gasteiger partial charge in [0.2, 0.25) is 0 Å². The van der Waals surface area contributed by atoms with Gasteiger partial charge < -0.3 is 0 Å². The van der Waals surface area contributed by atoms with E-state index in [4.69, 9.17) is 0 Å². The number of hydrogen-bond donors (Lipinski definition) is 0. The molecule has 2 rings (SSSR count). The second-order valence-corrected chi connectivity index (χ2v) is 5.21. The molecule has 6 heteroatoms. The largest absolute Gasteiger partial charge is 0.359 e. The first kappa shape index (κ1) is 13.6. The molecular weight excluding hydrogens is 274 g/mol. The summed E-state index contributed by atoms with van der Waals surface area (Å²) in [4.78, 5) is 0. The summed E-state index contributed by atoms with van der Waals surface area (Å²) in [5.41, 5.74) is 0.583. The fourth-order valence-electron chi connectivity index (χ4n) is 1.61. The highest BCUT2D eigenvalue weighted by Gasteiger charge is 2.13. The second kappa shape index (κ2) is 5.46. The van der Waals surface area contributed by atoms with E-state index in [1.807, 2.05) is 30.3 Å². The molecule has 0 aliphatic rings. The van der Waals surface area contributed by atoms with E-state index in [1.54, 1.807) is 12.1 Å². The third-order valence-electron chi connectivity index (χ3n) is 2.41. The Morgan fingerprint density at radius 1 is 1.05 bits per heavy atom.